The smallest absolute Gasteiger partial charge is 0.462 e. The van der Waals surface area contributed by atoms with E-state index < -0.39 is 97.5 Å². The summed E-state index contributed by atoms with van der Waals surface area (Å²) in [4.78, 5) is 73.0. The van der Waals surface area contributed by atoms with Gasteiger partial charge in [0, 0.05) is 25.7 Å². The lowest BCUT2D eigenvalue weighted by Crippen LogP contribution is -2.30. The number of aliphatic hydroxyl groups is 1. The van der Waals surface area contributed by atoms with E-state index in [1.54, 1.807) is 0 Å². The van der Waals surface area contributed by atoms with Crippen LogP contribution in [0.1, 0.15) is 440 Å². The molecule has 0 aliphatic carbocycles. The summed E-state index contributed by atoms with van der Waals surface area (Å²) in [6.45, 7) is 9.66. The van der Waals surface area contributed by atoms with Crippen molar-refractivity contribution in [3.63, 3.8) is 0 Å². The summed E-state index contributed by atoms with van der Waals surface area (Å²) in [7, 11) is -9.92. The third-order valence-electron chi connectivity index (χ3n) is 19.8. The maximum atomic E-state index is 13.1. The Morgan fingerprint density at radius 1 is 0.284 bits per heavy atom. The van der Waals surface area contributed by atoms with Crippen LogP contribution in [0.2, 0.25) is 0 Å². The van der Waals surface area contributed by atoms with Gasteiger partial charge in [-0.05, 0) is 37.5 Å². The largest absolute Gasteiger partial charge is 0.472 e. The standard InChI is InChI=1S/C83H162O17P2/c1-7-10-12-14-16-18-20-21-22-23-24-25-26-27-32-35-38-42-49-55-61-67-82(87)99-78(71-94-81(86)66-60-54-48-41-37-34-31-29-28-30-33-36-39-45-51-57-63-75(4)5)73-97-101(89,90)95-69-77(84)70-96-102(91,92)98-74-79(72-93-80(85)65-59-53-47-40-19-17-15-13-11-8-2)100-83(88)68-62-56-50-44-43-46-52-58-64-76(6)9-3/h75-79,84H,7-74H2,1-6H3,(H,89,90)(H,91,92)/t76?,77-,78-,79-/m1/s1. The number of rotatable bonds is 82. The lowest BCUT2D eigenvalue weighted by atomic mass is 9.99. The predicted octanol–water partition coefficient (Wildman–Crippen LogP) is 25.1. The molecule has 0 aliphatic rings. The number of hydrogen-bond donors (Lipinski definition) is 3. The summed E-state index contributed by atoms with van der Waals surface area (Å²) in [5, 5.41) is 10.6. The Kier molecular flexibility index (Phi) is 73.1. The first-order valence-corrected chi connectivity index (χ1v) is 46.0. The average molecular weight is 1490 g/mol. The highest BCUT2D eigenvalue weighted by Crippen LogP contribution is 2.45. The van der Waals surface area contributed by atoms with E-state index in [1.165, 1.54) is 257 Å². The van der Waals surface area contributed by atoms with E-state index in [9.17, 15) is 43.2 Å². The van der Waals surface area contributed by atoms with Gasteiger partial charge in [0.2, 0.25) is 0 Å². The van der Waals surface area contributed by atoms with E-state index in [4.69, 9.17) is 37.0 Å². The Morgan fingerprint density at radius 3 is 0.745 bits per heavy atom. The van der Waals surface area contributed by atoms with Gasteiger partial charge >= 0.3 is 39.5 Å². The molecule has 0 heterocycles. The summed E-state index contributed by atoms with van der Waals surface area (Å²) in [5.74, 6) is -0.526. The molecular formula is C83H162O17P2. The zero-order chi connectivity index (χ0) is 74.9. The topological polar surface area (TPSA) is 237 Å². The van der Waals surface area contributed by atoms with Crippen LogP contribution in [0, 0.1) is 11.8 Å². The third kappa shape index (κ3) is 74.9. The van der Waals surface area contributed by atoms with Gasteiger partial charge in [-0.1, -0.05) is 388 Å². The lowest BCUT2D eigenvalue weighted by Gasteiger charge is -2.21. The molecule has 3 unspecified atom stereocenters. The second kappa shape index (κ2) is 74.5. The SMILES string of the molecule is CCCCCCCCCCCCCCCCCCCCCCCC(=O)O[C@H](COC(=O)CCCCCCCCCCCCCCCCCCC(C)C)COP(=O)(O)OC[C@@H](O)COP(=O)(O)OC[C@@H](COC(=O)CCCCCCCCCCCC)OC(=O)CCCCCCCCCCC(C)CC. The van der Waals surface area contributed by atoms with Gasteiger partial charge in [-0.15, -0.1) is 0 Å². The molecule has 0 aliphatic heterocycles. The molecule has 0 fully saturated rings. The van der Waals surface area contributed by atoms with Crippen molar-refractivity contribution >= 4 is 39.5 Å². The van der Waals surface area contributed by atoms with Crippen LogP contribution in [0.25, 0.3) is 0 Å². The van der Waals surface area contributed by atoms with E-state index in [-0.39, 0.29) is 25.7 Å². The maximum Gasteiger partial charge on any atom is 0.472 e. The minimum absolute atomic E-state index is 0.105. The number of ether oxygens (including phenoxy) is 4. The van der Waals surface area contributed by atoms with Gasteiger partial charge in [0.05, 0.1) is 26.4 Å². The number of hydrogen-bond acceptors (Lipinski definition) is 15. The summed E-state index contributed by atoms with van der Waals surface area (Å²) in [5.41, 5.74) is 0. The Labute approximate surface area is 626 Å². The molecule has 0 radical (unpaired) electrons. The van der Waals surface area contributed by atoms with Crippen molar-refractivity contribution < 1.29 is 80.2 Å². The zero-order valence-electron chi connectivity index (χ0n) is 66.9. The highest BCUT2D eigenvalue weighted by Gasteiger charge is 2.30. The highest BCUT2D eigenvalue weighted by molar-refractivity contribution is 7.47. The molecule has 19 heteroatoms. The first kappa shape index (κ1) is 100. The number of esters is 4. The number of unbranched alkanes of at least 4 members (excludes halogenated alkanes) is 51. The Balaban J connectivity index is 5.21. The molecule has 0 aromatic rings. The fourth-order valence-corrected chi connectivity index (χ4v) is 14.4. The Morgan fingerprint density at radius 2 is 0.500 bits per heavy atom. The van der Waals surface area contributed by atoms with E-state index in [0.717, 1.165) is 102 Å². The second-order valence-electron chi connectivity index (χ2n) is 30.6. The van der Waals surface area contributed by atoms with Crippen molar-refractivity contribution in [2.45, 2.75) is 458 Å². The van der Waals surface area contributed by atoms with Gasteiger partial charge in [-0.2, -0.15) is 0 Å². The fraction of sp³-hybridized carbons (Fsp3) is 0.952. The lowest BCUT2D eigenvalue weighted by molar-refractivity contribution is -0.161. The second-order valence-corrected chi connectivity index (χ2v) is 33.5. The molecule has 17 nitrogen and oxygen atoms in total. The van der Waals surface area contributed by atoms with Gasteiger partial charge in [-0.3, -0.25) is 37.3 Å². The number of phosphoric ester groups is 2. The molecule has 0 aromatic carbocycles. The number of aliphatic hydroxyl groups excluding tert-OH is 1. The Hall–Kier alpha value is -1.94. The zero-order valence-corrected chi connectivity index (χ0v) is 68.7. The molecule has 0 aromatic heterocycles. The predicted molar refractivity (Wildman–Crippen MR) is 418 cm³/mol. The fourth-order valence-electron chi connectivity index (χ4n) is 12.9. The Bertz CT molecular complexity index is 1960. The van der Waals surface area contributed by atoms with Crippen molar-refractivity contribution in [1.82, 2.24) is 0 Å². The van der Waals surface area contributed by atoms with E-state index >= 15 is 0 Å². The average Bonchev–Trinajstić information content (AvgIpc) is 0.942. The first-order valence-electron chi connectivity index (χ1n) is 43.0. The first-order chi connectivity index (χ1) is 49.4. The third-order valence-corrected chi connectivity index (χ3v) is 21.7. The van der Waals surface area contributed by atoms with Crippen LogP contribution < -0.4 is 0 Å². The van der Waals surface area contributed by atoms with Crippen LogP contribution >= 0.6 is 15.6 Å². The molecule has 0 saturated carbocycles. The van der Waals surface area contributed by atoms with Gasteiger partial charge < -0.3 is 33.8 Å². The van der Waals surface area contributed by atoms with Crippen molar-refractivity contribution in [3.8, 4) is 0 Å². The number of carbonyl (C=O) groups excluding carboxylic acids is 4. The molecule has 0 spiro atoms. The minimum Gasteiger partial charge on any atom is -0.462 e. The molecule has 6 atom stereocenters. The van der Waals surface area contributed by atoms with Crippen LogP contribution in [-0.2, 0) is 65.4 Å². The summed E-state index contributed by atoms with van der Waals surface area (Å²) >= 11 is 0. The van der Waals surface area contributed by atoms with Crippen LogP contribution in [0.5, 0.6) is 0 Å². The highest BCUT2D eigenvalue weighted by atomic mass is 31.2. The van der Waals surface area contributed by atoms with E-state index in [2.05, 4.69) is 41.5 Å². The normalized spacial score (nSPS) is 14.1. The van der Waals surface area contributed by atoms with Crippen LogP contribution in [0.3, 0.4) is 0 Å². The molecule has 0 amide bonds. The molecule has 0 bridgehead atoms. The summed E-state index contributed by atoms with van der Waals surface area (Å²) in [6, 6.07) is 0. The summed E-state index contributed by atoms with van der Waals surface area (Å²) < 4.78 is 68.7. The van der Waals surface area contributed by atoms with Crippen molar-refractivity contribution in [2.75, 3.05) is 39.6 Å². The van der Waals surface area contributed by atoms with Gasteiger partial charge in [0.1, 0.15) is 19.3 Å². The molecule has 3 N–H and O–H groups in total. The molecule has 606 valence electrons. The number of carbonyl (C=O) groups is 4. The van der Waals surface area contributed by atoms with E-state index in [0.29, 0.717) is 25.7 Å². The van der Waals surface area contributed by atoms with Crippen LogP contribution in [-0.4, -0.2) is 96.7 Å². The minimum atomic E-state index is -4.96. The van der Waals surface area contributed by atoms with Gasteiger partial charge in [-0.25, -0.2) is 9.13 Å². The van der Waals surface area contributed by atoms with Crippen LogP contribution in [0.15, 0.2) is 0 Å². The van der Waals surface area contributed by atoms with Gasteiger partial charge in [0.15, 0.2) is 12.2 Å². The van der Waals surface area contributed by atoms with Crippen molar-refractivity contribution in [1.29, 1.82) is 0 Å². The molecule has 0 rings (SSSR count). The molecular weight excluding hydrogens is 1330 g/mol. The monoisotopic (exact) mass is 1490 g/mol. The quantitative estimate of drug-likeness (QED) is 0.0222. The number of phosphoric acid groups is 2. The van der Waals surface area contributed by atoms with Crippen LogP contribution in [0.4, 0.5) is 0 Å². The van der Waals surface area contributed by atoms with E-state index in [1.807, 2.05) is 0 Å². The molecule has 102 heavy (non-hydrogen) atoms. The van der Waals surface area contributed by atoms with Gasteiger partial charge in [0.25, 0.3) is 0 Å². The summed E-state index contributed by atoms with van der Waals surface area (Å²) in [6.07, 6.45) is 65.3. The maximum absolute atomic E-state index is 13.1. The van der Waals surface area contributed by atoms with Crippen molar-refractivity contribution in [2.24, 2.45) is 11.8 Å². The van der Waals surface area contributed by atoms with Crippen molar-refractivity contribution in [3.05, 3.63) is 0 Å². The molecule has 0 saturated heterocycles.